The maximum Gasteiger partial charge on any atom is 0.167 e. The van der Waals surface area contributed by atoms with E-state index in [1.54, 1.807) is 13.1 Å². The molecule has 0 heterocycles. The van der Waals surface area contributed by atoms with Gasteiger partial charge in [-0.15, -0.1) is 0 Å². The van der Waals surface area contributed by atoms with Crippen LogP contribution in [-0.2, 0) is 4.79 Å². The molecule has 0 amide bonds. The van der Waals surface area contributed by atoms with Gasteiger partial charge in [-0.05, 0) is 13.0 Å². The van der Waals surface area contributed by atoms with Crippen LogP contribution in [0.3, 0.4) is 0 Å². The van der Waals surface area contributed by atoms with E-state index in [-0.39, 0.29) is 5.71 Å². The molecule has 0 spiro atoms. The van der Waals surface area contributed by atoms with Gasteiger partial charge >= 0.3 is 0 Å². The molecule has 0 aliphatic carbocycles. The van der Waals surface area contributed by atoms with Crippen LogP contribution >= 0.6 is 0 Å². The predicted molar refractivity (Wildman–Crippen MR) is 37.1 cm³/mol. The Morgan fingerprint density at radius 1 is 1.67 bits per heavy atom. The molecule has 0 aromatic rings. The molecule has 0 aliphatic rings. The van der Waals surface area contributed by atoms with Gasteiger partial charge in [-0.3, -0.25) is 15.2 Å². The zero-order valence-electron chi connectivity index (χ0n) is 5.16. The van der Waals surface area contributed by atoms with Gasteiger partial charge in [-0.1, -0.05) is 0 Å². The number of hydrogen-bond acceptors (Lipinski definition) is 3. The van der Waals surface area contributed by atoms with Gasteiger partial charge in [0.15, 0.2) is 6.29 Å². The number of carbonyl (C=O) groups is 1. The summed E-state index contributed by atoms with van der Waals surface area (Å²) in [5, 5.41) is 6.79. The van der Waals surface area contributed by atoms with E-state index in [0.717, 1.165) is 0 Å². The molecular formula is C6H8N2O. The summed E-state index contributed by atoms with van der Waals surface area (Å²) in [5.74, 6) is 0. The summed E-state index contributed by atoms with van der Waals surface area (Å²) < 4.78 is 0. The lowest BCUT2D eigenvalue weighted by Gasteiger charge is -1.75. The predicted octanol–water partition coefficient (Wildman–Crippen LogP) is 0.809. The Morgan fingerprint density at radius 3 is 2.78 bits per heavy atom. The number of rotatable bonds is 3. The standard InChI is InChI=1S/C6H8N2O/c1-2-8-4-3-6(7)5-9/h2-5,7H,1H3/b4-3-,7-6?,8-2-. The van der Waals surface area contributed by atoms with Crippen LogP contribution in [0.4, 0.5) is 0 Å². The normalized spacial score (nSPS) is 10.8. The second-order valence-electron chi connectivity index (χ2n) is 1.30. The third-order valence-electron chi connectivity index (χ3n) is 0.616. The van der Waals surface area contributed by atoms with Crippen molar-refractivity contribution in [2.45, 2.75) is 6.92 Å². The summed E-state index contributed by atoms with van der Waals surface area (Å²) >= 11 is 0. The van der Waals surface area contributed by atoms with Crippen LogP contribution in [0.1, 0.15) is 6.92 Å². The van der Waals surface area contributed by atoms with Gasteiger partial charge in [-0.2, -0.15) is 0 Å². The second-order valence-corrected chi connectivity index (χ2v) is 1.30. The van der Waals surface area contributed by atoms with Crippen LogP contribution < -0.4 is 0 Å². The molecule has 0 aliphatic heterocycles. The molecule has 48 valence electrons. The molecule has 0 fully saturated rings. The highest BCUT2D eigenvalue weighted by atomic mass is 16.1. The van der Waals surface area contributed by atoms with E-state index in [0.29, 0.717) is 6.29 Å². The monoisotopic (exact) mass is 124 g/mol. The molecule has 0 radical (unpaired) electrons. The highest BCUT2D eigenvalue weighted by Gasteiger charge is 1.79. The number of nitrogens with zero attached hydrogens (tertiary/aromatic N) is 1. The summed E-state index contributed by atoms with van der Waals surface area (Å²) in [4.78, 5) is 13.4. The summed E-state index contributed by atoms with van der Waals surface area (Å²) in [6, 6.07) is 0. The lowest BCUT2D eigenvalue weighted by Crippen LogP contribution is -1.88. The molecule has 9 heavy (non-hydrogen) atoms. The van der Waals surface area contributed by atoms with Crippen molar-refractivity contribution in [1.29, 1.82) is 5.41 Å². The summed E-state index contributed by atoms with van der Waals surface area (Å²) in [7, 11) is 0. The zero-order valence-corrected chi connectivity index (χ0v) is 5.16. The van der Waals surface area contributed by atoms with Crippen molar-refractivity contribution in [3.05, 3.63) is 12.3 Å². The molecule has 0 aromatic heterocycles. The lowest BCUT2D eigenvalue weighted by molar-refractivity contribution is -0.102. The molecule has 3 nitrogen and oxygen atoms in total. The van der Waals surface area contributed by atoms with Crippen molar-refractivity contribution < 1.29 is 4.79 Å². The summed E-state index contributed by atoms with van der Waals surface area (Å²) in [6.45, 7) is 1.76. The second kappa shape index (κ2) is 4.90. The fourth-order valence-corrected chi connectivity index (χ4v) is 0.249. The molecule has 0 aromatic carbocycles. The van der Waals surface area contributed by atoms with Gasteiger partial charge in [0, 0.05) is 12.4 Å². The topological polar surface area (TPSA) is 53.3 Å². The van der Waals surface area contributed by atoms with E-state index < -0.39 is 0 Å². The minimum atomic E-state index is -0.0689. The van der Waals surface area contributed by atoms with Crippen molar-refractivity contribution in [2.24, 2.45) is 4.99 Å². The van der Waals surface area contributed by atoms with Gasteiger partial charge in [0.2, 0.25) is 0 Å². The van der Waals surface area contributed by atoms with Gasteiger partial charge in [0.05, 0.1) is 5.71 Å². The number of allylic oxidation sites excluding steroid dienone is 1. The Kier molecular flexibility index (Phi) is 4.22. The van der Waals surface area contributed by atoms with Crippen LogP contribution in [0.5, 0.6) is 0 Å². The third kappa shape index (κ3) is 4.61. The van der Waals surface area contributed by atoms with Crippen molar-refractivity contribution in [3.63, 3.8) is 0 Å². The Hall–Kier alpha value is -1.25. The summed E-state index contributed by atoms with van der Waals surface area (Å²) in [6.07, 6.45) is 4.76. The first-order valence-electron chi connectivity index (χ1n) is 2.49. The quantitative estimate of drug-likeness (QED) is 0.439. The van der Waals surface area contributed by atoms with Crippen LogP contribution in [0.2, 0.25) is 0 Å². The van der Waals surface area contributed by atoms with Crippen LogP contribution in [0, 0.1) is 5.41 Å². The number of aliphatic imine (C=N–C) groups is 1. The SMILES string of the molecule is C/C=N\C=C/C(=N)C=O. The first kappa shape index (κ1) is 7.75. The Morgan fingerprint density at radius 2 is 2.33 bits per heavy atom. The highest BCUT2D eigenvalue weighted by Crippen LogP contribution is 1.73. The average molecular weight is 124 g/mol. The van der Waals surface area contributed by atoms with Gasteiger partial charge in [0.25, 0.3) is 0 Å². The Balaban J connectivity index is 3.70. The van der Waals surface area contributed by atoms with Crippen molar-refractivity contribution >= 4 is 18.2 Å². The van der Waals surface area contributed by atoms with E-state index in [2.05, 4.69) is 4.99 Å². The highest BCUT2D eigenvalue weighted by molar-refractivity contribution is 6.32. The first-order valence-corrected chi connectivity index (χ1v) is 2.49. The van der Waals surface area contributed by atoms with E-state index in [1.165, 1.54) is 12.3 Å². The van der Waals surface area contributed by atoms with Crippen LogP contribution in [0.15, 0.2) is 17.3 Å². The molecule has 0 rings (SSSR count). The fourth-order valence-electron chi connectivity index (χ4n) is 0.249. The minimum Gasteiger partial charge on any atom is -0.297 e. The maximum atomic E-state index is 9.77. The molecular weight excluding hydrogens is 116 g/mol. The molecule has 0 atom stereocenters. The van der Waals surface area contributed by atoms with E-state index in [1.807, 2.05) is 0 Å². The zero-order chi connectivity index (χ0) is 7.11. The Bertz CT molecular complexity index is 158. The Labute approximate surface area is 53.6 Å². The fraction of sp³-hybridized carbons (Fsp3) is 0.167. The maximum absolute atomic E-state index is 9.77. The largest absolute Gasteiger partial charge is 0.297 e. The first-order chi connectivity index (χ1) is 4.31. The van der Waals surface area contributed by atoms with E-state index in [4.69, 9.17) is 5.41 Å². The number of hydrogen-bond donors (Lipinski definition) is 1. The average Bonchev–Trinajstić information content (AvgIpc) is 1.89. The van der Waals surface area contributed by atoms with Crippen LogP contribution in [-0.4, -0.2) is 18.2 Å². The minimum absolute atomic E-state index is 0.0689. The van der Waals surface area contributed by atoms with Gasteiger partial charge < -0.3 is 0 Å². The molecule has 3 heteroatoms. The van der Waals surface area contributed by atoms with Crippen LogP contribution in [0.25, 0.3) is 0 Å². The smallest absolute Gasteiger partial charge is 0.167 e. The summed E-state index contributed by atoms with van der Waals surface area (Å²) in [5.41, 5.74) is -0.0689. The van der Waals surface area contributed by atoms with Crippen molar-refractivity contribution in [1.82, 2.24) is 0 Å². The van der Waals surface area contributed by atoms with Crippen molar-refractivity contribution in [3.8, 4) is 0 Å². The number of carbonyl (C=O) groups excluding carboxylic acids is 1. The number of aldehydes is 1. The molecule has 0 unspecified atom stereocenters. The van der Waals surface area contributed by atoms with Gasteiger partial charge in [0.1, 0.15) is 0 Å². The molecule has 0 saturated heterocycles. The van der Waals surface area contributed by atoms with Gasteiger partial charge in [-0.25, -0.2) is 0 Å². The number of nitrogens with one attached hydrogen (secondary N) is 1. The molecule has 1 N–H and O–H groups in total. The molecule has 0 saturated carbocycles. The molecule has 0 bridgehead atoms. The third-order valence-corrected chi connectivity index (χ3v) is 0.616. The van der Waals surface area contributed by atoms with E-state index >= 15 is 0 Å². The van der Waals surface area contributed by atoms with Crippen molar-refractivity contribution in [2.75, 3.05) is 0 Å². The van der Waals surface area contributed by atoms with E-state index in [9.17, 15) is 4.79 Å². The lowest BCUT2D eigenvalue weighted by atomic mass is 10.4.